The fraction of sp³-hybridized carbons (Fsp3) is 0.667. The Kier molecular flexibility index (Phi) is 7.85. The van der Waals surface area contributed by atoms with Gasteiger partial charge in [-0.25, -0.2) is 24.4 Å². The van der Waals surface area contributed by atoms with E-state index in [1.54, 1.807) is 0 Å². The summed E-state index contributed by atoms with van der Waals surface area (Å²) in [6.45, 7) is -1.05. The predicted molar refractivity (Wildman–Crippen MR) is 92.2 cm³/mol. The molecule has 11 N–H and O–H groups in total. The molecule has 0 aliphatic carbocycles. The van der Waals surface area contributed by atoms with Gasteiger partial charge in [-0.3, -0.25) is 25.3 Å². The number of ether oxygens (including phenoxy) is 1. The van der Waals surface area contributed by atoms with Crippen LogP contribution >= 0.6 is 23.5 Å². The van der Waals surface area contributed by atoms with Crippen LogP contribution in [0, 0.1) is 0 Å². The van der Waals surface area contributed by atoms with E-state index in [-0.39, 0.29) is 0 Å². The van der Waals surface area contributed by atoms with Gasteiger partial charge >= 0.3 is 29.5 Å². The average Bonchev–Trinajstić information content (AvgIpc) is 2.85. The van der Waals surface area contributed by atoms with Crippen molar-refractivity contribution in [1.82, 2.24) is 10.2 Å². The zero-order chi connectivity index (χ0) is 23.8. The van der Waals surface area contributed by atoms with E-state index in [2.05, 4.69) is 23.3 Å². The molecule has 2 aliphatic heterocycles. The third-order valence-electron chi connectivity index (χ3n) is 3.64. The van der Waals surface area contributed by atoms with E-state index in [1.165, 1.54) is 0 Å². The molecule has 19 nitrogen and oxygen atoms in total. The van der Waals surface area contributed by atoms with Gasteiger partial charge in [0.1, 0.15) is 18.3 Å². The van der Waals surface area contributed by atoms with E-state index in [0.717, 1.165) is 17.2 Å². The number of amides is 2. The Hall–Kier alpha value is -0.820. The standard InChI is InChI=1S/C9H19N4O15P3/c10-9(26-11)1-2-13(8(16)12-9)7-6(15)5(14)4(25-7)3-24-30(20,21)28-31(22,23)27-29(17,18)19/h1-2,4-7,14-15H,3,10-11H2,(H,12,16)(H,20,21)(H,22,23)(H2,17,18,19)/t4-,5-,6-,7-,9?/m1/s1. The molecule has 2 amide bonds. The maximum atomic E-state index is 12.1. The number of rotatable bonds is 9. The Labute approximate surface area is 172 Å². The highest BCUT2D eigenvalue weighted by Gasteiger charge is 2.49. The van der Waals surface area contributed by atoms with Crippen LogP contribution < -0.4 is 16.9 Å². The lowest BCUT2D eigenvalue weighted by Gasteiger charge is -2.35. The molecule has 2 heterocycles. The monoisotopic (exact) mass is 516 g/mol. The van der Waals surface area contributed by atoms with Crippen molar-refractivity contribution in [3.8, 4) is 0 Å². The first kappa shape index (κ1) is 26.4. The molecule has 1 saturated heterocycles. The SMILES string of the molecule is NOC1(N)C=CN([C@@H]2O[C@H](COP(=O)(O)OP(=O)(O)OP(=O)(O)O)[C@@H](O)[C@H]2O)C(=O)N1. The minimum absolute atomic E-state index is 0.739. The second-order valence-corrected chi connectivity index (χ2v) is 10.4. The van der Waals surface area contributed by atoms with E-state index in [0.29, 0.717) is 0 Å². The molecule has 7 atom stereocenters. The quantitative estimate of drug-likeness (QED) is 0.0828. The van der Waals surface area contributed by atoms with Crippen LogP contribution in [0.5, 0.6) is 0 Å². The summed E-state index contributed by atoms with van der Waals surface area (Å²) in [6.07, 6.45) is -4.62. The lowest BCUT2D eigenvalue weighted by molar-refractivity contribution is -0.0782. The summed E-state index contributed by atoms with van der Waals surface area (Å²) in [7, 11) is -16.8. The molecule has 180 valence electrons. The number of nitrogens with zero attached hydrogens (tertiary/aromatic N) is 1. The van der Waals surface area contributed by atoms with Crippen LogP contribution in [0.1, 0.15) is 0 Å². The highest BCUT2D eigenvalue weighted by molar-refractivity contribution is 7.66. The van der Waals surface area contributed by atoms with Crippen LogP contribution in [0.3, 0.4) is 0 Å². The lowest BCUT2D eigenvalue weighted by Crippen LogP contribution is -2.64. The molecule has 2 rings (SSSR count). The van der Waals surface area contributed by atoms with Gasteiger partial charge in [0.15, 0.2) is 6.23 Å². The molecule has 0 spiro atoms. The maximum Gasteiger partial charge on any atom is 0.490 e. The Bertz CT molecular complexity index is 865. The van der Waals surface area contributed by atoms with E-state index >= 15 is 0 Å². The van der Waals surface area contributed by atoms with Crippen LogP contribution in [0.4, 0.5) is 4.79 Å². The van der Waals surface area contributed by atoms with Crippen LogP contribution in [0.15, 0.2) is 12.3 Å². The fourth-order valence-corrected chi connectivity index (χ4v) is 5.40. The Morgan fingerprint density at radius 2 is 1.74 bits per heavy atom. The number of nitrogens with one attached hydrogen (secondary N) is 1. The minimum Gasteiger partial charge on any atom is -0.387 e. The third-order valence-corrected chi connectivity index (χ3v) is 7.45. The van der Waals surface area contributed by atoms with Gasteiger partial charge in [-0.15, -0.1) is 0 Å². The highest BCUT2D eigenvalue weighted by atomic mass is 31.3. The minimum atomic E-state index is -5.74. The van der Waals surface area contributed by atoms with Gasteiger partial charge in [-0.1, -0.05) is 0 Å². The zero-order valence-corrected chi connectivity index (χ0v) is 17.7. The van der Waals surface area contributed by atoms with Crippen molar-refractivity contribution >= 4 is 29.5 Å². The van der Waals surface area contributed by atoms with Crippen LogP contribution in [0.25, 0.3) is 0 Å². The number of carbonyl (C=O) groups is 1. The molecule has 0 aromatic carbocycles. The normalized spacial score (nSPS) is 35.5. The number of hydrogen-bond acceptors (Lipinski definition) is 13. The van der Waals surface area contributed by atoms with Gasteiger partial charge in [0, 0.05) is 12.3 Å². The number of aliphatic hydroxyl groups is 2. The van der Waals surface area contributed by atoms with Crippen molar-refractivity contribution < 1.29 is 71.0 Å². The molecule has 0 aromatic rings. The molecule has 31 heavy (non-hydrogen) atoms. The van der Waals surface area contributed by atoms with Crippen molar-refractivity contribution in [1.29, 1.82) is 0 Å². The first-order valence-corrected chi connectivity index (χ1v) is 12.3. The summed E-state index contributed by atoms with van der Waals surface area (Å²) in [5.41, 5.74) is 5.54. The van der Waals surface area contributed by atoms with Crippen LogP contribution in [0.2, 0.25) is 0 Å². The van der Waals surface area contributed by atoms with E-state index in [9.17, 15) is 33.6 Å². The van der Waals surface area contributed by atoms with Crippen molar-refractivity contribution in [3.63, 3.8) is 0 Å². The van der Waals surface area contributed by atoms with Gasteiger partial charge in [0.25, 0.3) is 0 Å². The largest absolute Gasteiger partial charge is 0.490 e. The Morgan fingerprint density at radius 1 is 1.13 bits per heavy atom. The topological polar surface area (TPSA) is 303 Å². The summed E-state index contributed by atoms with van der Waals surface area (Å²) in [6, 6.07) is -0.972. The molecular formula is C9H19N4O15P3. The molecular weight excluding hydrogens is 497 g/mol. The van der Waals surface area contributed by atoms with E-state index in [4.69, 9.17) is 31.0 Å². The molecule has 0 saturated carbocycles. The van der Waals surface area contributed by atoms with Crippen molar-refractivity contribution in [2.45, 2.75) is 30.4 Å². The summed E-state index contributed by atoms with van der Waals surface area (Å²) in [5, 5.41) is 22.2. The molecule has 0 aromatic heterocycles. The van der Waals surface area contributed by atoms with Crippen molar-refractivity contribution in [2.24, 2.45) is 11.6 Å². The molecule has 0 bridgehead atoms. The van der Waals surface area contributed by atoms with E-state index in [1.807, 2.05) is 0 Å². The summed E-state index contributed by atoms with van der Waals surface area (Å²) >= 11 is 0. The van der Waals surface area contributed by atoms with Crippen LogP contribution in [-0.2, 0) is 36.4 Å². The molecule has 3 unspecified atom stereocenters. The van der Waals surface area contributed by atoms with Gasteiger partial charge < -0.3 is 34.5 Å². The third kappa shape index (κ3) is 7.08. The number of hydrogen-bond donors (Lipinski definition) is 9. The second-order valence-electron chi connectivity index (χ2n) is 6.00. The number of nitrogens with two attached hydrogens (primary N) is 2. The molecule has 22 heteroatoms. The fourth-order valence-electron chi connectivity index (χ4n) is 2.37. The Balaban J connectivity index is 2.02. The van der Waals surface area contributed by atoms with Gasteiger partial charge in [-0.05, 0) is 0 Å². The van der Waals surface area contributed by atoms with Gasteiger partial charge in [0.2, 0.25) is 5.85 Å². The van der Waals surface area contributed by atoms with E-state index < -0.39 is 66.5 Å². The number of urea groups is 1. The van der Waals surface area contributed by atoms with Crippen LogP contribution in [-0.4, -0.2) is 77.7 Å². The second kappa shape index (κ2) is 9.20. The first-order chi connectivity index (χ1) is 14.0. The average molecular weight is 516 g/mol. The summed E-state index contributed by atoms with van der Waals surface area (Å²) in [4.78, 5) is 52.6. The summed E-state index contributed by atoms with van der Waals surface area (Å²) in [5.74, 6) is 3.07. The molecule has 2 aliphatic rings. The predicted octanol–water partition coefficient (Wildman–Crippen LogP) is -3.18. The smallest absolute Gasteiger partial charge is 0.387 e. The highest BCUT2D eigenvalue weighted by Crippen LogP contribution is 2.66. The van der Waals surface area contributed by atoms with Gasteiger partial charge in [-0.2, -0.15) is 8.62 Å². The van der Waals surface area contributed by atoms with Crippen molar-refractivity contribution in [3.05, 3.63) is 12.3 Å². The summed E-state index contributed by atoms with van der Waals surface area (Å²) < 4.78 is 50.2. The zero-order valence-electron chi connectivity index (χ0n) is 15.0. The number of carbonyl (C=O) groups excluding carboxylic acids is 1. The number of phosphoric acid groups is 3. The lowest BCUT2D eigenvalue weighted by atomic mass is 10.1. The first-order valence-electron chi connectivity index (χ1n) is 7.74. The number of aliphatic hydroxyl groups excluding tert-OH is 2. The Morgan fingerprint density at radius 3 is 2.26 bits per heavy atom. The maximum absolute atomic E-state index is 12.1. The van der Waals surface area contributed by atoms with Crippen molar-refractivity contribution in [2.75, 3.05) is 6.61 Å². The molecule has 1 fully saturated rings. The van der Waals surface area contributed by atoms with Gasteiger partial charge in [0.05, 0.1) is 6.61 Å². The molecule has 0 radical (unpaired) electrons. The number of phosphoric ester groups is 1.